The minimum atomic E-state index is -0.710. The van der Waals surface area contributed by atoms with Crippen molar-refractivity contribution in [3.63, 3.8) is 0 Å². The van der Waals surface area contributed by atoms with Crippen LogP contribution in [0, 0.1) is 0 Å². The number of hydrogen-bond acceptors (Lipinski definition) is 0. The fourth-order valence-electron chi connectivity index (χ4n) is 2.64. The molecule has 1 atom stereocenters. The molecule has 2 rings (SSSR count). The minimum Gasteiger partial charge on any atom is -0.104 e. The average molecular weight is 383 g/mol. The minimum absolute atomic E-state index is 0.710. The molecule has 1 aromatic carbocycles. The van der Waals surface area contributed by atoms with Gasteiger partial charge < -0.3 is 0 Å². The van der Waals surface area contributed by atoms with E-state index in [4.69, 9.17) is 11.6 Å². The van der Waals surface area contributed by atoms with Gasteiger partial charge in [0.15, 0.2) is 0 Å². The van der Waals surface area contributed by atoms with Gasteiger partial charge >= 0.3 is 0 Å². The monoisotopic (exact) mass is 382 g/mol. The van der Waals surface area contributed by atoms with E-state index in [1.165, 1.54) is 0 Å². The molecule has 1 aromatic rings. The zero-order valence-electron chi connectivity index (χ0n) is 17.7. The molecule has 0 aromatic heterocycles. The molecule has 1 aliphatic carbocycles. The van der Waals surface area contributed by atoms with Crippen molar-refractivity contribution in [3.8, 4) is 0 Å². The van der Waals surface area contributed by atoms with Crippen LogP contribution in [0.25, 0.3) is 0 Å². The lowest BCUT2D eigenvalue weighted by atomic mass is 9.82. The summed E-state index contributed by atoms with van der Waals surface area (Å²) < 4.78 is 0. The summed E-state index contributed by atoms with van der Waals surface area (Å²) in [7, 11) is 0. The second kappa shape index (κ2) is 15.1. The lowest BCUT2D eigenvalue weighted by molar-refractivity contribution is 0.877. The SMILES string of the molecule is CC.CC.C\C=C/C=C(\C=C/C)C(Cl)(C1=CC=CCC=C1)c1ccccc1. The molecule has 0 fully saturated rings. The van der Waals surface area contributed by atoms with E-state index in [1.54, 1.807) is 0 Å². The molecule has 0 aliphatic heterocycles. The van der Waals surface area contributed by atoms with Crippen LogP contribution in [-0.4, -0.2) is 0 Å². The van der Waals surface area contributed by atoms with Crippen LogP contribution in [0.4, 0.5) is 0 Å². The summed E-state index contributed by atoms with van der Waals surface area (Å²) in [5.74, 6) is 0. The predicted octanol–water partition coefficient (Wildman–Crippen LogP) is 8.69. The molecule has 0 radical (unpaired) electrons. The van der Waals surface area contributed by atoms with E-state index in [1.807, 2.05) is 78.0 Å². The Bertz CT molecular complexity index is 684. The molecule has 0 heterocycles. The molecule has 0 saturated carbocycles. The van der Waals surface area contributed by atoms with Crippen molar-refractivity contribution in [3.05, 3.63) is 108 Å². The van der Waals surface area contributed by atoms with Crippen molar-refractivity contribution in [1.82, 2.24) is 0 Å². The summed E-state index contributed by atoms with van der Waals surface area (Å²) in [5, 5.41) is 0. The largest absolute Gasteiger partial charge is 0.119 e. The number of alkyl halides is 1. The summed E-state index contributed by atoms with van der Waals surface area (Å²) >= 11 is 7.29. The highest BCUT2D eigenvalue weighted by Gasteiger charge is 2.35. The molecule has 0 nitrogen and oxygen atoms in total. The summed E-state index contributed by atoms with van der Waals surface area (Å²) in [5.41, 5.74) is 3.20. The predicted molar refractivity (Wildman–Crippen MR) is 125 cm³/mol. The van der Waals surface area contributed by atoms with E-state index in [0.29, 0.717) is 0 Å². The van der Waals surface area contributed by atoms with E-state index in [9.17, 15) is 0 Å². The zero-order chi connectivity index (χ0) is 20.5. The van der Waals surface area contributed by atoms with Crippen molar-refractivity contribution in [1.29, 1.82) is 0 Å². The second-order valence-electron chi connectivity index (χ2n) is 5.36. The number of benzene rings is 1. The van der Waals surface area contributed by atoms with Gasteiger partial charge in [-0.25, -0.2) is 0 Å². The number of halogens is 1. The van der Waals surface area contributed by atoms with Crippen LogP contribution in [0.1, 0.15) is 53.5 Å². The molecule has 0 bridgehead atoms. The van der Waals surface area contributed by atoms with Gasteiger partial charge in [-0.15, -0.1) is 11.6 Å². The summed E-state index contributed by atoms with van der Waals surface area (Å²) in [6, 6.07) is 10.3. The van der Waals surface area contributed by atoms with Gasteiger partial charge in [-0.3, -0.25) is 0 Å². The van der Waals surface area contributed by atoms with Crippen LogP contribution < -0.4 is 0 Å². The molecule has 1 unspecified atom stereocenters. The topological polar surface area (TPSA) is 0 Å². The van der Waals surface area contributed by atoms with Crippen LogP contribution in [-0.2, 0) is 4.87 Å². The Balaban J connectivity index is 0.00000158. The normalized spacial score (nSPS) is 16.0. The highest BCUT2D eigenvalue weighted by molar-refractivity contribution is 6.28. The lowest BCUT2D eigenvalue weighted by Gasteiger charge is -2.31. The molecule has 1 aliphatic rings. The van der Waals surface area contributed by atoms with Crippen molar-refractivity contribution < 1.29 is 0 Å². The third-order valence-corrected chi connectivity index (χ3v) is 4.42. The molecule has 1 heteroatoms. The Kier molecular flexibility index (Phi) is 13.9. The highest BCUT2D eigenvalue weighted by Crippen LogP contribution is 2.45. The van der Waals surface area contributed by atoms with Crippen molar-refractivity contribution in [2.45, 2.75) is 52.8 Å². The fourth-order valence-corrected chi connectivity index (χ4v) is 3.02. The van der Waals surface area contributed by atoms with Gasteiger partial charge in [0.05, 0.1) is 0 Å². The van der Waals surface area contributed by atoms with E-state index < -0.39 is 4.87 Å². The molecular formula is C26H35Cl. The number of rotatable bonds is 5. The second-order valence-corrected chi connectivity index (χ2v) is 5.93. The molecule has 0 N–H and O–H groups in total. The van der Waals surface area contributed by atoms with Gasteiger partial charge in [-0.1, -0.05) is 119 Å². The van der Waals surface area contributed by atoms with Gasteiger partial charge in [0.1, 0.15) is 4.87 Å². The van der Waals surface area contributed by atoms with Crippen LogP contribution in [0.2, 0.25) is 0 Å². The van der Waals surface area contributed by atoms with Gasteiger partial charge in [-0.2, -0.15) is 0 Å². The molecule has 0 saturated heterocycles. The Morgan fingerprint density at radius 3 is 2.22 bits per heavy atom. The summed E-state index contributed by atoms with van der Waals surface area (Å²) in [6.07, 6.45) is 21.8. The van der Waals surface area contributed by atoms with E-state index >= 15 is 0 Å². The van der Waals surface area contributed by atoms with Crippen LogP contribution >= 0.6 is 11.6 Å². The molecule has 146 valence electrons. The maximum absolute atomic E-state index is 7.29. The molecule has 0 amide bonds. The maximum atomic E-state index is 7.29. The Morgan fingerprint density at radius 1 is 0.963 bits per heavy atom. The fraction of sp³-hybridized carbons (Fsp3) is 0.308. The lowest BCUT2D eigenvalue weighted by Crippen LogP contribution is -2.23. The number of hydrogen-bond donors (Lipinski definition) is 0. The van der Waals surface area contributed by atoms with Crippen molar-refractivity contribution >= 4 is 11.6 Å². The van der Waals surface area contributed by atoms with Crippen LogP contribution in [0.3, 0.4) is 0 Å². The van der Waals surface area contributed by atoms with Crippen LogP contribution in [0.5, 0.6) is 0 Å². The van der Waals surface area contributed by atoms with Crippen LogP contribution in [0.15, 0.2) is 102 Å². The van der Waals surface area contributed by atoms with Gasteiger partial charge in [0.25, 0.3) is 0 Å². The third kappa shape index (κ3) is 7.23. The zero-order valence-corrected chi connectivity index (χ0v) is 18.5. The van der Waals surface area contributed by atoms with Gasteiger partial charge in [0, 0.05) is 0 Å². The number of allylic oxidation sites excluding steroid dienone is 12. The maximum Gasteiger partial charge on any atom is 0.119 e. The van der Waals surface area contributed by atoms with Gasteiger partial charge in [-0.05, 0) is 37.0 Å². The smallest absolute Gasteiger partial charge is 0.104 e. The Morgan fingerprint density at radius 2 is 1.63 bits per heavy atom. The first-order valence-electron chi connectivity index (χ1n) is 9.98. The first-order chi connectivity index (χ1) is 13.2. The molecule has 0 spiro atoms. The third-order valence-electron chi connectivity index (χ3n) is 3.76. The Labute approximate surface area is 172 Å². The quantitative estimate of drug-likeness (QED) is 0.352. The van der Waals surface area contributed by atoms with E-state index in [-0.39, 0.29) is 0 Å². The van der Waals surface area contributed by atoms with E-state index in [2.05, 4.69) is 54.7 Å². The summed E-state index contributed by atoms with van der Waals surface area (Å²) in [6.45, 7) is 12.0. The molecule has 27 heavy (non-hydrogen) atoms. The van der Waals surface area contributed by atoms with Crippen molar-refractivity contribution in [2.24, 2.45) is 0 Å². The van der Waals surface area contributed by atoms with E-state index in [0.717, 1.165) is 23.1 Å². The van der Waals surface area contributed by atoms with Gasteiger partial charge in [0.2, 0.25) is 0 Å². The first kappa shape index (κ1) is 24.9. The first-order valence-corrected chi connectivity index (χ1v) is 10.4. The van der Waals surface area contributed by atoms with Crippen molar-refractivity contribution in [2.75, 3.05) is 0 Å². The average Bonchev–Trinajstić information content (AvgIpc) is 3.04. The highest BCUT2D eigenvalue weighted by atomic mass is 35.5. The molecular weight excluding hydrogens is 348 g/mol. The summed E-state index contributed by atoms with van der Waals surface area (Å²) in [4.78, 5) is -0.710. The Hall–Kier alpha value is -2.05. The standard InChI is InChI=1S/C22H23Cl.2C2H6/c1-3-5-14-19(13-4-2)22(23,21-17-11-8-12-18-21)20-15-9-6-7-10-16-20;2*1-2/h3-6,8-18H,7H2,1-2H3;2*1-2H3/b5-3-,13-4-,19-14+;;.